The first-order valence-corrected chi connectivity index (χ1v) is 9.54. The van der Waals surface area contributed by atoms with Gasteiger partial charge in [-0.2, -0.15) is 0 Å². The lowest BCUT2D eigenvalue weighted by atomic mass is 9.76. The molecule has 0 saturated heterocycles. The van der Waals surface area contributed by atoms with Gasteiger partial charge in [-0.15, -0.1) is 0 Å². The quantitative estimate of drug-likeness (QED) is 0.545. The Hall–Kier alpha value is -0.650. The molecular weight excluding hydrogens is 290 g/mol. The van der Waals surface area contributed by atoms with Crippen molar-refractivity contribution >= 4 is 5.91 Å². The summed E-state index contributed by atoms with van der Waals surface area (Å²) in [6.07, 6.45) is 12.2. The van der Waals surface area contributed by atoms with Crippen LogP contribution in [0, 0.1) is 11.8 Å². The molecule has 0 unspecified atom stereocenters. The smallest absolute Gasteiger partial charge is 0.221 e. The van der Waals surface area contributed by atoms with Gasteiger partial charge in [0.1, 0.15) is 0 Å². The van der Waals surface area contributed by atoms with E-state index in [4.69, 9.17) is 10.8 Å². The summed E-state index contributed by atoms with van der Waals surface area (Å²) >= 11 is 0. The molecule has 0 bridgehead atoms. The van der Waals surface area contributed by atoms with Crippen LogP contribution in [-0.4, -0.2) is 42.8 Å². The maximum atomic E-state index is 11.5. The third kappa shape index (κ3) is 7.19. The predicted octanol–water partition coefficient (Wildman–Crippen LogP) is 1.54. The SMILES string of the molecule is NC1CCC(CC2CCC(NCCC(=O)NCCO)CC2)CC1. The Morgan fingerprint density at radius 3 is 2.17 bits per heavy atom. The Bertz CT molecular complexity index is 335. The normalized spacial score (nSPS) is 31.7. The summed E-state index contributed by atoms with van der Waals surface area (Å²) in [5, 5.41) is 14.9. The minimum absolute atomic E-state index is 0.0100. The second-order valence-electron chi connectivity index (χ2n) is 7.51. The Morgan fingerprint density at radius 2 is 1.57 bits per heavy atom. The van der Waals surface area contributed by atoms with Crippen molar-refractivity contribution in [2.75, 3.05) is 19.7 Å². The average molecular weight is 325 g/mol. The highest BCUT2D eigenvalue weighted by Gasteiger charge is 2.25. The van der Waals surface area contributed by atoms with Crippen molar-refractivity contribution in [1.29, 1.82) is 0 Å². The van der Waals surface area contributed by atoms with Crippen molar-refractivity contribution in [3.63, 3.8) is 0 Å². The van der Waals surface area contributed by atoms with Crippen LogP contribution in [0.4, 0.5) is 0 Å². The van der Waals surface area contributed by atoms with E-state index in [2.05, 4.69) is 10.6 Å². The molecule has 0 aromatic carbocycles. The molecule has 2 aliphatic rings. The molecule has 23 heavy (non-hydrogen) atoms. The highest BCUT2D eigenvalue weighted by molar-refractivity contribution is 5.76. The van der Waals surface area contributed by atoms with Gasteiger partial charge in [0, 0.05) is 31.6 Å². The summed E-state index contributed by atoms with van der Waals surface area (Å²) in [5.74, 6) is 1.84. The first-order chi connectivity index (χ1) is 11.2. The van der Waals surface area contributed by atoms with Crippen molar-refractivity contribution in [3.8, 4) is 0 Å². The van der Waals surface area contributed by atoms with Crippen LogP contribution in [0.3, 0.4) is 0 Å². The van der Waals surface area contributed by atoms with Crippen molar-refractivity contribution in [3.05, 3.63) is 0 Å². The van der Waals surface area contributed by atoms with Crippen LogP contribution in [0.25, 0.3) is 0 Å². The standard InChI is InChI=1S/C18H35N3O2/c19-16-5-1-14(2-6-16)13-15-3-7-17(8-4-15)20-10-9-18(23)21-11-12-22/h14-17,20,22H,1-13,19H2,(H,21,23). The van der Waals surface area contributed by atoms with E-state index in [0.29, 0.717) is 25.0 Å². The number of rotatable bonds is 8. The van der Waals surface area contributed by atoms with Gasteiger partial charge >= 0.3 is 0 Å². The number of aliphatic hydroxyl groups excluding tert-OH is 1. The molecule has 2 rings (SSSR count). The number of carbonyl (C=O) groups is 1. The lowest BCUT2D eigenvalue weighted by Gasteiger charge is -2.33. The fourth-order valence-electron chi connectivity index (χ4n) is 4.17. The van der Waals surface area contributed by atoms with Crippen LogP contribution in [0.2, 0.25) is 0 Å². The predicted molar refractivity (Wildman–Crippen MR) is 93.0 cm³/mol. The molecule has 0 atom stereocenters. The summed E-state index contributed by atoms with van der Waals surface area (Å²) in [6, 6.07) is 1.04. The molecular formula is C18H35N3O2. The number of nitrogens with two attached hydrogens (primary N) is 1. The fourth-order valence-corrected chi connectivity index (χ4v) is 4.17. The van der Waals surface area contributed by atoms with Gasteiger partial charge in [-0.05, 0) is 69.6 Å². The Kier molecular flexibility index (Phi) is 8.34. The first kappa shape index (κ1) is 18.7. The molecule has 2 saturated carbocycles. The maximum absolute atomic E-state index is 11.5. The zero-order valence-corrected chi connectivity index (χ0v) is 14.4. The fraction of sp³-hybridized carbons (Fsp3) is 0.944. The summed E-state index contributed by atoms with van der Waals surface area (Å²) in [4.78, 5) is 11.5. The molecule has 0 aliphatic heterocycles. The summed E-state index contributed by atoms with van der Waals surface area (Å²) in [6.45, 7) is 1.11. The minimum atomic E-state index is 0.0100. The second-order valence-corrected chi connectivity index (χ2v) is 7.51. The molecule has 0 heterocycles. The largest absolute Gasteiger partial charge is 0.395 e. The zero-order valence-electron chi connectivity index (χ0n) is 14.4. The van der Waals surface area contributed by atoms with Gasteiger partial charge in [0.2, 0.25) is 5.91 Å². The number of aliphatic hydroxyl groups is 1. The number of hydrogen-bond acceptors (Lipinski definition) is 4. The Morgan fingerprint density at radius 1 is 0.957 bits per heavy atom. The van der Waals surface area contributed by atoms with E-state index >= 15 is 0 Å². The van der Waals surface area contributed by atoms with E-state index < -0.39 is 0 Å². The third-order valence-corrected chi connectivity index (χ3v) is 5.62. The highest BCUT2D eigenvalue weighted by atomic mass is 16.3. The average Bonchev–Trinajstić information content (AvgIpc) is 2.56. The molecule has 0 radical (unpaired) electrons. The van der Waals surface area contributed by atoms with Gasteiger partial charge in [-0.1, -0.05) is 0 Å². The Labute approximate surface area is 140 Å². The topological polar surface area (TPSA) is 87.4 Å². The maximum Gasteiger partial charge on any atom is 0.221 e. The van der Waals surface area contributed by atoms with E-state index in [9.17, 15) is 4.79 Å². The summed E-state index contributed by atoms with van der Waals surface area (Å²) in [7, 11) is 0. The first-order valence-electron chi connectivity index (χ1n) is 9.54. The van der Waals surface area contributed by atoms with Crippen molar-refractivity contribution in [1.82, 2.24) is 10.6 Å². The van der Waals surface area contributed by atoms with Crippen LogP contribution >= 0.6 is 0 Å². The molecule has 5 N–H and O–H groups in total. The monoisotopic (exact) mass is 325 g/mol. The van der Waals surface area contributed by atoms with Crippen LogP contribution in [0.1, 0.15) is 64.2 Å². The van der Waals surface area contributed by atoms with E-state index in [1.807, 2.05) is 0 Å². The van der Waals surface area contributed by atoms with Crippen LogP contribution in [0.5, 0.6) is 0 Å². The summed E-state index contributed by atoms with van der Waals surface area (Å²) in [5.41, 5.74) is 5.99. The summed E-state index contributed by atoms with van der Waals surface area (Å²) < 4.78 is 0. The van der Waals surface area contributed by atoms with E-state index in [1.54, 1.807) is 0 Å². The van der Waals surface area contributed by atoms with Crippen LogP contribution < -0.4 is 16.4 Å². The van der Waals surface area contributed by atoms with Gasteiger partial charge in [-0.3, -0.25) is 4.79 Å². The third-order valence-electron chi connectivity index (χ3n) is 5.62. The van der Waals surface area contributed by atoms with Gasteiger partial charge in [-0.25, -0.2) is 0 Å². The molecule has 2 fully saturated rings. The molecule has 5 heteroatoms. The molecule has 134 valence electrons. The lowest BCUT2D eigenvalue weighted by molar-refractivity contribution is -0.121. The zero-order chi connectivity index (χ0) is 16.5. The van der Waals surface area contributed by atoms with E-state index in [-0.39, 0.29) is 12.5 Å². The van der Waals surface area contributed by atoms with Gasteiger partial charge in [0.25, 0.3) is 0 Å². The van der Waals surface area contributed by atoms with Crippen LogP contribution in [0.15, 0.2) is 0 Å². The minimum Gasteiger partial charge on any atom is -0.395 e. The van der Waals surface area contributed by atoms with Gasteiger partial charge in [0.05, 0.1) is 6.61 Å². The molecule has 2 aliphatic carbocycles. The van der Waals surface area contributed by atoms with E-state index in [1.165, 1.54) is 57.8 Å². The van der Waals surface area contributed by atoms with E-state index in [0.717, 1.165) is 18.4 Å². The molecule has 0 spiro atoms. The number of nitrogens with one attached hydrogen (secondary N) is 2. The van der Waals surface area contributed by atoms with Crippen molar-refractivity contribution in [2.45, 2.75) is 76.3 Å². The van der Waals surface area contributed by atoms with Gasteiger partial charge in [0.15, 0.2) is 0 Å². The van der Waals surface area contributed by atoms with Gasteiger partial charge < -0.3 is 21.5 Å². The number of amides is 1. The number of hydrogen-bond donors (Lipinski definition) is 4. The molecule has 5 nitrogen and oxygen atoms in total. The molecule has 1 amide bonds. The number of carbonyl (C=O) groups excluding carboxylic acids is 1. The van der Waals surface area contributed by atoms with Crippen molar-refractivity contribution in [2.24, 2.45) is 17.6 Å². The second kappa shape index (κ2) is 10.3. The Balaban J connectivity index is 1.53. The van der Waals surface area contributed by atoms with Crippen molar-refractivity contribution < 1.29 is 9.90 Å². The highest BCUT2D eigenvalue weighted by Crippen LogP contribution is 2.35. The van der Waals surface area contributed by atoms with Crippen LogP contribution in [-0.2, 0) is 4.79 Å². The molecule has 0 aromatic heterocycles. The molecule has 0 aromatic rings. The lowest BCUT2D eigenvalue weighted by Crippen LogP contribution is -2.37.